The predicted molar refractivity (Wildman–Crippen MR) is 426 cm³/mol. The van der Waals surface area contributed by atoms with Crippen molar-refractivity contribution in [1.82, 2.24) is 0 Å². The van der Waals surface area contributed by atoms with Crippen molar-refractivity contribution in [3.05, 3.63) is 0 Å². The Bertz CT molecular complexity index is 2430. The van der Waals surface area contributed by atoms with E-state index < -0.39 is 0 Å². The van der Waals surface area contributed by atoms with E-state index in [4.69, 9.17) is 0 Å². The summed E-state index contributed by atoms with van der Waals surface area (Å²) in [4.78, 5) is 0. The van der Waals surface area contributed by atoms with Gasteiger partial charge in [-0.05, 0) is 493 Å². The lowest BCUT2D eigenvalue weighted by atomic mass is 9.56. The fourth-order valence-corrected chi connectivity index (χ4v) is 38.3. The van der Waals surface area contributed by atoms with Gasteiger partial charge in [0.25, 0.3) is 0 Å². The Morgan fingerprint density at radius 2 is 0.314 bits per heavy atom. The zero-order chi connectivity index (χ0) is 66.0. The van der Waals surface area contributed by atoms with Crippen LogP contribution in [0.1, 0.15) is 386 Å². The Hall–Kier alpha value is 0. The van der Waals surface area contributed by atoms with Crippen molar-refractivity contribution >= 4 is 0 Å². The fraction of sp³-hybridized carbons (Fsp3) is 1.00. The highest BCUT2D eigenvalue weighted by Crippen LogP contribution is 2.82. The first-order chi connectivity index (χ1) is 49.9. The van der Waals surface area contributed by atoms with E-state index >= 15 is 0 Å². The monoisotopic (exact) mass is 1390 g/mol. The molecule has 0 radical (unpaired) electrons. The lowest BCUT2D eigenvalue weighted by Gasteiger charge is -2.49. The van der Waals surface area contributed by atoms with Crippen molar-refractivity contribution in [2.24, 2.45) is 249 Å². The fourth-order valence-electron chi connectivity index (χ4n) is 38.3. The van der Waals surface area contributed by atoms with E-state index in [-0.39, 0.29) is 7.43 Å². The molecule has 572 valence electrons. The maximum atomic E-state index is 1.64. The van der Waals surface area contributed by atoms with Gasteiger partial charge in [0.1, 0.15) is 0 Å². The van der Waals surface area contributed by atoms with Gasteiger partial charge in [0.2, 0.25) is 0 Å². The molecule has 0 aromatic carbocycles. The van der Waals surface area contributed by atoms with E-state index in [1.807, 2.05) is 0 Å². The third-order valence-corrected chi connectivity index (χ3v) is 42.7. The molecule has 102 heavy (non-hydrogen) atoms. The summed E-state index contributed by atoms with van der Waals surface area (Å²) < 4.78 is 0. The zero-order valence-electron chi connectivity index (χ0n) is 66.0. The van der Waals surface area contributed by atoms with Crippen LogP contribution in [0.3, 0.4) is 0 Å². The van der Waals surface area contributed by atoms with Gasteiger partial charge in [-0.3, -0.25) is 0 Å². The Labute approximate surface area is 630 Å². The predicted octanol–water partition coefficient (Wildman–Crippen LogP) is 28.8. The molecule has 0 aliphatic heterocycles. The molecule has 16 atom stereocenters. The van der Waals surface area contributed by atoms with Gasteiger partial charge in [-0.1, -0.05) is 142 Å². The van der Waals surface area contributed by atoms with E-state index in [1.165, 1.54) is 270 Å². The van der Waals surface area contributed by atoms with Crippen LogP contribution in [0.15, 0.2) is 0 Å². The van der Waals surface area contributed by atoms with Crippen LogP contribution in [0.2, 0.25) is 0 Å². The molecule has 0 aromatic heterocycles. The van der Waals surface area contributed by atoms with Gasteiger partial charge in [-0.25, -0.2) is 0 Å². The molecule has 0 aromatic rings. The molecule has 0 saturated heterocycles. The largest absolute Gasteiger partial charge is 0.0776 e. The first-order valence-electron chi connectivity index (χ1n) is 49.9. The molecule has 39 fully saturated rings. The molecule has 0 heteroatoms. The van der Waals surface area contributed by atoms with Crippen molar-refractivity contribution < 1.29 is 0 Å². The Balaban J connectivity index is 0.0000000732. The summed E-state index contributed by atoms with van der Waals surface area (Å²) in [6, 6.07) is 0. The van der Waals surface area contributed by atoms with Gasteiger partial charge in [0.05, 0.1) is 0 Å². The average molecular weight is 1390 g/mol. The minimum Gasteiger partial charge on any atom is -0.0776 e. The van der Waals surface area contributed by atoms with Crippen LogP contribution in [0.25, 0.3) is 0 Å². The quantitative estimate of drug-likeness (QED) is 0.212. The van der Waals surface area contributed by atoms with Crippen LogP contribution in [0.4, 0.5) is 0 Å². The summed E-state index contributed by atoms with van der Waals surface area (Å²) in [5, 5.41) is 0. The number of hydrogen-bond donors (Lipinski definition) is 0. The standard InChI is InChI=1S/C12H18.C12H22.C11H20.2C10H16.2C9H14.C8H12.2C7H10.C6H8.CH4/c1-2-8-5-7(1)11-9-3-4-10(6-9)12(8)11;1-2-6-12-9-3-7-11(5-1)8-4-10-12;1-4-10-6-2-7-11(5-1)9-3-8-10;1-7-2-9-4-8(1)5-10(3-7)6-9;1-2-9-7-4-5-8(6-7)10(9)3-1;1-6-2-8-4-7(1)5-9(8)3-6;1-2-7-5-6(1)8-3-4-9(7)8;1-2-6-3-5(1)7-4-8(6)7;1-4-2-6-5(1)7(6)3-4;1-2-4-6-5(3-1)7(4)6;1-2-4-5-3(1)6(4)5;/h7-12H,1-6H2;11-12H,1-10H2;10-11H,1-9H2;2*7-10H,1-6H2;2*6-9H,1-5H2;5-8H,1-4H2;2*4-7H,1-3H2;3-6H,1-2H2;1H4. The Kier molecular flexibility index (Phi) is 20.2. The Morgan fingerprint density at radius 1 is 0.0980 bits per heavy atom. The molecule has 0 nitrogen and oxygen atoms in total. The Morgan fingerprint density at radius 3 is 0.549 bits per heavy atom. The highest BCUT2D eigenvalue weighted by atomic mass is 14.8. The van der Waals surface area contributed by atoms with Gasteiger partial charge < -0.3 is 0 Å². The third-order valence-electron chi connectivity index (χ3n) is 42.7. The van der Waals surface area contributed by atoms with Crippen LogP contribution in [0, 0.1) is 249 Å². The minimum atomic E-state index is 0. The second kappa shape index (κ2) is 29.5. The zero-order valence-corrected chi connectivity index (χ0v) is 66.0. The van der Waals surface area contributed by atoms with Gasteiger partial charge in [-0.15, -0.1) is 0 Å². The third kappa shape index (κ3) is 14.1. The van der Waals surface area contributed by atoms with Gasteiger partial charge >= 0.3 is 0 Å². The lowest BCUT2D eigenvalue weighted by molar-refractivity contribution is 0.0198. The summed E-state index contributed by atoms with van der Waals surface area (Å²) in [6.45, 7) is 0. The van der Waals surface area contributed by atoms with Crippen molar-refractivity contribution in [3.63, 3.8) is 0 Å². The lowest BCUT2D eigenvalue weighted by Crippen LogP contribution is -2.38. The molecule has 0 heterocycles. The highest BCUT2D eigenvalue weighted by Gasteiger charge is 2.76. The number of rotatable bonds is 0. The molecule has 0 N–H and O–H groups in total. The molecule has 39 rings (SSSR count). The van der Waals surface area contributed by atoms with Crippen LogP contribution in [0.5, 0.6) is 0 Å². The number of fused-ring (bicyclic) bond motifs is 40. The summed E-state index contributed by atoms with van der Waals surface area (Å²) in [5.41, 5.74) is 0. The van der Waals surface area contributed by atoms with E-state index in [0.717, 1.165) is 23.7 Å². The average Bonchev–Trinajstić information content (AvgIpc) is 1.49. The summed E-state index contributed by atoms with van der Waals surface area (Å²) >= 11 is 0. The molecule has 0 spiro atoms. The molecular weight excluding hydrogens is 1230 g/mol. The SMILES string of the molecule is C.C1C2CC3C1C3C2.C1C2CC3CC1CC(C2)C3.C1C2CC3CC1CC3C2.C1CC2C3C(C1)C23.C1CC2C3C1C23.C1CC2C3CCC(C3)C2C1.C1CC2CC1C1C3CCC(C3)C21.C1CC2CC1C1CC21.C1CC2CC1C1CCC21.C1CC2CCCC(C1)CCC2.C1CCC2CCCC(C1)CCC2. The molecule has 39 aliphatic carbocycles. The number of hydrogen-bond acceptors (Lipinski definition) is 0. The van der Waals surface area contributed by atoms with E-state index in [2.05, 4.69) is 0 Å². The van der Waals surface area contributed by atoms with Gasteiger partial charge in [0.15, 0.2) is 0 Å². The molecule has 39 aliphatic rings. The van der Waals surface area contributed by atoms with Crippen molar-refractivity contribution in [2.45, 2.75) is 386 Å². The van der Waals surface area contributed by atoms with Crippen LogP contribution >= 0.6 is 0 Å². The van der Waals surface area contributed by atoms with Crippen molar-refractivity contribution in [2.75, 3.05) is 0 Å². The van der Waals surface area contributed by atoms with E-state index in [9.17, 15) is 0 Å². The van der Waals surface area contributed by atoms with Gasteiger partial charge in [0, 0.05) is 0 Å². The second-order valence-corrected chi connectivity index (χ2v) is 47.3. The minimum absolute atomic E-state index is 0. The van der Waals surface area contributed by atoms with E-state index in [1.54, 1.807) is 334 Å². The van der Waals surface area contributed by atoms with Crippen molar-refractivity contribution in [1.29, 1.82) is 0 Å². The second-order valence-electron chi connectivity index (χ2n) is 47.3. The van der Waals surface area contributed by atoms with E-state index in [0.29, 0.717) is 0 Å². The summed E-state index contributed by atoms with van der Waals surface area (Å²) in [7, 11) is 0. The van der Waals surface area contributed by atoms with Crippen LogP contribution in [-0.2, 0) is 0 Å². The van der Waals surface area contributed by atoms with Crippen LogP contribution in [-0.4, -0.2) is 0 Å². The first kappa shape index (κ1) is 69.9. The molecule has 0 amide bonds. The maximum Gasteiger partial charge on any atom is -0.0318 e. The summed E-state index contributed by atoms with van der Waals surface area (Å²) in [6.07, 6.45) is 93.5. The van der Waals surface area contributed by atoms with Crippen molar-refractivity contribution in [3.8, 4) is 0 Å². The molecule has 30 bridgehead atoms. The summed E-state index contributed by atoms with van der Waals surface area (Å²) in [5.74, 6) is 51.0. The topological polar surface area (TPSA) is 0 Å². The molecular formula is C102H164. The van der Waals surface area contributed by atoms with Crippen LogP contribution < -0.4 is 0 Å². The first-order valence-corrected chi connectivity index (χ1v) is 49.9. The maximum absolute atomic E-state index is 1.64. The van der Waals surface area contributed by atoms with Gasteiger partial charge in [-0.2, -0.15) is 0 Å². The highest BCUT2D eigenvalue weighted by molar-refractivity contribution is 5.24. The smallest absolute Gasteiger partial charge is 0.0318 e. The molecule has 16 unspecified atom stereocenters. The molecule has 39 saturated carbocycles. The normalized spacial score (nSPS) is 58.4.